The van der Waals surface area contributed by atoms with Gasteiger partial charge in [-0.3, -0.25) is 0 Å². The Bertz CT molecular complexity index is 326. The number of rotatable bonds is 1. The van der Waals surface area contributed by atoms with Gasteiger partial charge in [0.2, 0.25) is 0 Å². The van der Waals surface area contributed by atoms with Gasteiger partial charge in [-0.2, -0.15) is 0 Å². The van der Waals surface area contributed by atoms with Crippen molar-refractivity contribution in [3.63, 3.8) is 0 Å². The van der Waals surface area contributed by atoms with E-state index in [1.54, 1.807) is 16.7 Å². The molecule has 0 aromatic carbocycles. The Labute approximate surface area is 94.1 Å². The van der Waals surface area contributed by atoms with Crippen molar-refractivity contribution in [1.29, 1.82) is 0 Å². The van der Waals surface area contributed by atoms with Gasteiger partial charge in [0.05, 0.1) is 0 Å². The second-order valence-electron chi connectivity index (χ2n) is 3.97. The molecule has 1 aliphatic carbocycles. The van der Waals surface area contributed by atoms with Crippen LogP contribution < -0.4 is 5.32 Å². The van der Waals surface area contributed by atoms with E-state index in [0.29, 0.717) is 0 Å². The molecule has 1 nitrogen and oxygen atoms in total. The summed E-state index contributed by atoms with van der Waals surface area (Å²) in [5.74, 6) is -0.0128. The van der Waals surface area contributed by atoms with Crippen molar-refractivity contribution < 1.29 is 4.39 Å². The first-order valence-corrected chi connectivity index (χ1v) is 5.46. The third-order valence-corrected chi connectivity index (χ3v) is 4.06. The second-order valence-corrected chi connectivity index (χ2v) is 4.94. The van der Waals surface area contributed by atoms with Crippen LogP contribution in [-0.2, 0) is 12.8 Å². The van der Waals surface area contributed by atoms with Crippen LogP contribution in [0.3, 0.4) is 0 Å². The normalized spacial score (nSPS) is 25.4. The molecule has 0 spiro atoms. The minimum Gasteiger partial charge on any atom is -0.314 e. The lowest BCUT2D eigenvalue weighted by Crippen LogP contribution is -2.44. The molecule has 1 unspecified atom stereocenters. The van der Waals surface area contributed by atoms with E-state index in [0.717, 1.165) is 24.8 Å². The van der Waals surface area contributed by atoms with Gasteiger partial charge in [-0.15, -0.1) is 23.7 Å². The van der Waals surface area contributed by atoms with E-state index in [1.807, 2.05) is 7.05 Å². The fourth-order valence-corrected chi connectivity index (χ4v) is 2.79. The van der Waals surface area contributed by atoms with Crippen LogP contribution >= 0.6 is 23.7 Å². The van der Waals surface area contributed by atoms with E-state index < -0.39 is 0 Å². The summed E-state index contributed by atoms with van der Waals surface area (Å²) in [5, 5.41) is 4.91. The molecule has 0 fully saturated rings. The maximum absolute atomic E-state index is 13.3. The Balaban J connectivity index is 0.000000980. The molecule has 1 aromatic heterocycles. The molecule has 14 heavy (non-hydrogen) atoms. The second kappa shape index (κ2) is 4.17. The van der Waals surface area contributed by atoms with Crippen LogP contribution in [0.1, 0.15) is 23.8 Å². The van der Waals surface area contributed by atoms with Gasteiger partial charge in [-0.05, 0) is 33.2 Å². The highest BCUT2D eigenvalue weighted by Gasteiger charge is 2.30. The van der Waals surface area contributed by atoms with Crippen LogP contribution in [-0.4, -0.2) is 12.6 Å². The van der Waals surface area contributed by atoms with E-state index >= 15 is 0 Å². The molecular weight excluding hydrogens is 221 g/mol. The van der Waals surface area contributed by atoms with Gasteiger partial charge in [0.1, 0.15) is 5.82 Å². The van der Waals surface area contributed by atoms with Crippen molar-refractivity contribution >= 4 is 23.7 Å². The van der Waals surface area contributed by atoms with Crippen molar-refractivity contribution in [2.75, 3.05) is 7.05 Å². The third kappa shape index (κ3) is 1.95. The Morgan fingerprint density at radius 1 is 1.57 bits per heavy atom. The zero-order valence-corrected chi connectivity index (χ0v) is 10.0. The maximum atomic E-state index is 13.3. The molecule has 1 heterocycles. The summed E-state index contributed by atoms with van der Waals surface area (Å²) in [5.41, 5.74) is 1.03. The minimum atomic E-state index is -0.0128. The molecule has 4 heteroatoms. The van der Waals surface area contributed by atoms with Crippen LogP contribution in [0, 0.1) is 5.82 Å². The van der Waals surface area contributed by atoms with E-state index in [4.69, 9.17) is 0 Å². The monoisotopic (exact) mass is 235 g/mol. The smallest absolute Gasteiger partial charge is 0.137 e. The molecular formula is C10H15ClFNS. The topological polar surface area (TPSA) is 12.0 Å². The Hall–Kier alpha value is -0.120. The maximum Gasteiger partial charge on any atom is 0.137 e. The zero-order valence-electron chi connectivity index (χ0n) is 8.39. The largest absolute Gasteiger partial charge is 0.314 e. The first-order chi connectivity index (χ1) is 6.14. The Kier molecular flexibility index (Phi) is 3.56. The standard InChI is InChI=1S/C10H14FNS.ClH/c1-10(12-2)4-3-9-7(5-10)8(11)6-13-9;/h6,12H,3-5H2,1-2H3;1H. The number of aryl methyl sites for hydroxylation is 1. The molecule has 1 aliphatic rings. The highest BCUT2D eigenvalue weighted by atomic mass is 35.5. The van der Waals surface area contributed by atoms with Gasteiger partial charge >= 0.3 is 0 Å². The fraction of sp³-hybridized carbons (Fsp3) is 0.600. The van der Waals surface area contributed by atoms with Crippen LogP contribution in [0.25, 0.3) is 0 Å². The van der Waals surface area contributed by atoms with Crippen molar-refractivity contribution in [2.24, 2.45) is 0 Å². The van der Waals surface area contributed by atoms with Gasteiger partial charge in [-0.1, -0.05) is 0 Å². The molecule has 1 atom stereocenters. The lowest BCUT2D eigenvalue weighted by Gasteiger charge is -2.33. The average molecular weight is 236 g/mol. The minimum absolute atomic E-state index is 0. The van der Waals surface area contributed by atoms with Gasteiger partial charge in [0.15, 0.2) is 0 Å². The van der Waals surface area contributed by atoms with Crippen molar-refractivity contribution in [3.05, 3.63) is 21.6 Å². The highest BCUT2D eigenvalue weighted by Crippen LogP contribution is 2.33. The number of nitrogens with one attached hydrogen (secondary N) is 1. The lowest BCUT2D eigenvalue weighted by atomic mass is 9.83. The zero-order chi connectivity index (χ0) is 9.47. The van der Waals surface area contributed by atoms with E-state index in [9.17, 15) is 4.39 Å². The number of halogens is 2. The summed E-state index contributed by atoms with van der Waals surface area (Å²) >= 11 is 1.56. The quantitative estimate of drug-likeness (QED) is 0.790. The lowest BCUT2D eigenvalue weighted by molar-refractivity contribution is 0.335. The number of hydrogen-bond acceptors (Lipinski definition) is 2. The fourth-order valence-electron chi connectivity index (χ4n) is 1.87. The molecule has 1 aromatic rings. The highest BCUT2D eigenvalue weighted by molar-refractivity contribution is 7.10. The summed E-state index contributed by atoms with van der Waals surface area (Å²) in [6.45, 7) is 2.16. The summed E-state index contributed by atoms with van der Waals surface area (Å²) < 4.78 is 13.3. The average Bonchev–Trinajstić information content (AvgIpc) is 2.48. The van der Waals surface area contributed by atoms with Gasteiger partial charge in [-0.25, -0.2) is 4.39 Å². The predicted molar refractivity (Wildman–Crippen MR) is 61.0 cm³/mol. The molecule has 0 amide bonds. The molecule has 0 radical (unpaired) electrons. The van der Waals surface area contributed by atoms with Crippen molar-refractivity contribution in [3.8, 4) is 0 Å². The van der Waals surface area contributed by atoms with Crippen molar-refractivity contribution in [1.82, 2.24) is 5.32 Å². The van der Waals surface area contributed by atoms with Crippen LogP contribution in [0.5, 0.6) is 0 Å². The third-order valence-electron chi connectivity index (χ3n) is 3.00. The van der Waals surface area contributed by atoms with Crippen LogP contribution in [0.15, 0.2) is 5.38 Å². The number of fused-ring (bicyclic) bond motifs is 1. The van der Waals surface area contributed by atoms with Gasteiger partial charge < -0.3 is 5.32 Å². The Morgan fingerprint density at radius 3 is 2.93 bits per heavy atom. The van der Waals surface area contributed by atoms with Gasteiger partial charge in [0, 0.05) is 21.4 Å². The molecule has 0 bridgehead atoms. The van der Waals surface area contributed by atoms with E-state index in [2.05, 4.69) is 12.2 Å². The molecule has 0 aliphatic heterocycles. The number of thiophene rings is 1. The number of likely N-dealkylation sites (N-methyl/N-ethyl adjacent to an activating group) is 1. The van der Waals surface area contributed by atoms with Crippen molar-refractivity contribution in [2.45, 2.75) is 31.7 Å². The molecule has 1 N–H and O–H groups in total. The Morgan fingerprint density at radius 2 is 2.29 bits per heavy atom. The first kappa shape index (κ1) is 12.0. The molecule has 2 rings (SSSR count). The van der Waals surface area contributed by atoms with Crippen LogP contribution in [0.2, 0.25) is 0 Å². The summed E-state index contributed by atoms with van der Waals surface area (Å²) in [6, 6.07) is 0. The SMILES string of the molecule is CNC1(C)CCc2scc(F)c2C1.Cl. The molecule has 0 saturated carbocycles. The van der Waals surface area contributed by atoms with Crippen LogP contribution in [0.4, 0.5) is 4.39 Å². The first-order valence-electron chi connectivity index (χ1n) is 4.58. The van der Waals surface area contributed by atoms with E-state index in [-0.39, 0.29) is 23.8 Å². The summed E-state index contributed by atoms with van der Waals surface area (Å²) in [7, 11) is 1.95. The molecule has 80 valence electrons. The molecule has 0 saturated heterocycles. The summed E-state index contributed by atoms with van der Waals surface area (Å²) in [4.78, 5) is 1.24. The number of hydrogen-bond donors (Lipinski definition) is 1. The summed E-state index contributed by atoms with van der Waals surface area (Å²) in [6.07, 6.45) is 2.95. The van der Waals surface area contributed by atoms with E-state index in [1.165, 1.54) is 4.88 Å². The van der Waals surface area contributed by atoms with Gasteiger partial charge in [0.25, 0.3) is 0 Å². The predicted octanol–water partition coefficient (Wildman–Crippen LogP) is 2.78.